The van der Waals surface area contributed by atoms with Gasteiger partial charge in [-0.2, -0.15) is 5.10 Å². The Balaban J connectivity index is 2.50. The highest BCUT2D eigenvalue weighted by molar-refractivity contribution is 6.09. The van der Waals surface area contributed by atoms with E-state index in [1.807, 2.05) is 6.92 Å². The second-order valence-electron chi connectivity index (χ2n) is 3.52. The number of aromatic nitrogens is 2. The quantitative estimate of drug-likeness (QED) is 0.701. The van der Waals surface area contributed by atoms with Crippen LogP contribution in [0.3, 0.4) is 0 Å². The van der Waals surface area contributed by atoms with Gasteiger partial charge in [-0.15, -0.1) is 0 Å². The van der Waals surface area contributed by atoms with Crippen molar-refractivity contribution in [2.24, 2.45) is 7.05 Å². The zero-order chi connectivity index (χ0) is 11.0. The van der Waals surface area contributed by atoms with E-state index in [1.165, 1.54) is 6.26 Å². The fourth-order valence-electron chi connectivity index (χ4n) is 1.62. The average Bonchev–Trinajstić information content (AvgIpc) is 2.73. The Bertz CT molecular complexity index is 489. The van der Waals surface area contributed by atoms with Crippen molar-refractivity contribution in [1.82, 2.24) is 9.78 Å². The van der Waals surface area contributed by atoms with E-state index in [-0.39, 0.29) is 5.78 Å². The normalized spacial score (nSPS) is 10.6. The van der Waals surface area contributed by atoms with Gasteiger partial charge in [0.25, 0.3) is 0 Å². The zero-order valence-electron chi connectivity index (χ0n) is 8.94. The molecule has 4 heteroatoms. The number of rotatable bonds is 2. The predicted octanol–water partition coefficient (Wildman–Crippen LogP) is 1.86. The molecule has 0 amide bonds. The van der Waals surface area contributed by atoms with Gasteiger partial charge in [0, 0.05) is 7.05 Å². The summed E-state index contributed by atoms with van der Waals surface area (Å²) < 4.78 is 6.70. The molecule has 0 aromatic carbocycles. The summed E-state index contributed by atoms with van der Waals surface area (Å²) in [5.41, 5.74) is 2.09. The summed E-state index contributed by atoms with van der Waals surface area (Å²) in [7, 11) is 1.76. The first-order valence-electron chi connectivity index (χ1n) is 4.68. The van der Waals surface area contributed by atoms with E-state index in [4.69, 9.17) is 4.42 Å². The van der Waals surface area contributed by atoms with Crippen molar-refractivity contribution in [1.29, 1.82) is 0 Å². The maximum atomic E-state index is 12.1. The van der Waals surface area contributed by atoms with E-state index in [1.54, 1.807) is 30.9 Å². The molecule has 0 atom stereocenters. The summed E-state index contributed by atoms with van der Waals surface area (Å²) in [5, 5.41) is 4.04. The molecule has 0 aliphatic rings. The molecule has 0 radical (unpaired) electrons. The van der Waals surface area contributed by atoms with Gasteiger partial charge in [0.2, 0.25) is 5.78 Å². The van der Waals surface area contributed by atoms with Crippen molar-refractivity contribution in [2.75, 3.05) is 0 Å². The van der Waals surface area contributed by atoms with Crippen LogP contribution in [0.1, 0.15) is 27.4 Å². The summed E-state index contributed by atoms with van der Waals surface area (Å²) in [6, 6.07) is 1.68. The lowest BCUT2D eigenvalue weighted by Crippen LogP contribution is -2.09. The summed E-state index contributed by atoms with van der Waals surface area (Å²) in [6.45, 7) is 3.65. The minimum atomic E-state index is -0.0428. The summed E-state index contributed by atoms with van der Waals surface area (Å²) in [5.74, 6) is 0.597. The van der Waals surface area contributed by atoms with Crippen molar-refractivity contribution in [3.63, 3.8) is 0 Å². The SMILES string of the molecule is Cc1cnn(C)c1C(=O)c1ccoc1C. The third kappa shape index (κ3) is 1.48. The molecular weight excluding hydrogens is 192 g/mol. The molecule has 0 aliphatic heterocycles. The Hall–Kier alpha value is -1.84. The molecule has 2 rings (SSSR count). The predicted molar refractivity (Wildman–Crippen MR) is 54.8 cm³/mol. The maximum Gasteiger partial charge on any atom is 0.214 e. The number of ketones is 1. The number of aryl methyl sites for hydroxylation is 3. The molecule has 2 heterocycles. The Morgan fingerprint density at radius 3 is 2.67 bits per heavy atom. The molecule has 78 valence electrons. The molecule has 0 saturated heterocycles. The summed E-state index contributed by atoms with van der Waals surface area (Å²) in [6.07, 6.45) is 3.21. The topological polar surface area (TPSA) is 48.0 Å². The van der Waals surface area contributed by atoms with Crippen LogP contribution in [-0.4, -0.2) is 15.6 Å². The Morgan fingerprint density at radius 2 is 2.20 bits per heavy atom. The van der Waals surface area contributed by atoms with Gasteiger partial charge in [0.1, 0.15) is 11.5 Å². The van der Waals surface area contributed by atoms with Crippen molar-refractivity contribution in [3.05, 3.63) is 41.1 Å². The molecule has 4 nitrogen and oxygen atoms in total. The molecule has 2 aromatic rings. The van der Waals surface area contributed by atoms with Crippen LogP contribution in [-0.2, 0) is 7.05 Å². The van der Waals surface area contributed by atoms with Gasteiger partial charge >= 0.3 is 0 Å². The highest BCUT2D eigenvalue weighted by atomic mass is 16.3. The molecule has 0 saturated carbocycles. The van der Waals surface area contributed by atoms with Gasteiger partial charge in [0.05, 0.1) is 18.0 Å². The standard InChI is InChI=1S/C11H12N2O2/c1-7-6-12-13(3)10(7)11(14)9-4-5-15-8(9)2/h4-6H,1-3H3. The van der Waals surface area contributed by atoms with E-state index in [2.05, 4.69) is 5.10 Å². The molecule has 15 heavy (non-hydrogen) atoms. The average molecular weight is 204 g/mol. The fraction of sp³-hybridized carbons (Fsp3) is 0.273. The molecule has 0 N–H and O–H groups in total. The van der Waals surface area contributed by atoms with Gasteiger partial charge in [-0.1, -0.05) is 0 Å². The van der Waals surface area contributed by atoms with Crippen molar-refractivity contribution in [3.8, 4) is 0 Å². The molecule has 0 aliphatic carbocycles. The van der Waals surface area contributed by atoms with Gasteiger partial charge in [-0.05, 0) is 25.5 Å². The number of nitrogens with zero attached hydrogens (tertiary/aromatic N) is 2. The Morgan fingerprint density at radius 1 is 1.47 bits per heavy atom. The number of hydrogen-bond donors (Lipinski definition) is 0. The number of carbonyl (C=O) groups is 1. The zero-order valence-corrected chi connectivity index (χ0v) is 8.94. The molecular formula is C11H12N2O2. The van der Waals surface area contributed by atoms with Gasteiger partial charge in [-0.3, -0.25) is 9.48 Å². The van der Waals surface area contributed by atoms with E-state index in [0.717, 1.165) is 5.56 Å². The Labute approximate surface area is 87.5 Å². The lowest BCUT2D eigenvalue weighted by molar-refractivity contribution is 0.102. The lowest BCUT2D eigenvalue weighted by atomic mass is 10.1. The van der Waals surface area contributed by atoms with Gasteiger partial charge in [0.15, 0.2) is 0 Å². The highest BCUT2D eigenvalue weighted by Gasteiger charge is 2.19. The molecule has 0 bridgehead atoms. The minimum absolute atomic E-state index is 0.0428. The molecule has 0 unspecified atom stereocenters. The number of furan rings is 1. The molecule has 2 aromatic heterocycles. The van der Waals surface area contributed by atoms with Crippen LogP contribution in [0.4, 0.5) is 0 Å². The van der Waals surface area contributed by atoms with Crippen LogP contribution in [0.25, 0.3) is 0 Å². The number of hydrogen-bond acceptors (Lipinski definition) is 3. The number of carbonyl (C=O) groups excluding carboxylic acids is 1. The van der Waals surface area contributed by atoms with E-state index in [9.17, 15) is 4.79 Å². The van der Waals surface area contributed by atoms with Crippen molar-refractivity contribution >= 4 is 5.78 Å². The summed E-state index contributed by atoms with van der Waals surface area (Å²) >= 11 is 0. The first kappa shape index (κ1) is 9.71. The van der Waals surface area contributed by atoms with Crippen LogP contribution in [0.15, 0.2) is 22.9 Å². The van der Waals surface area contributed by atoms with Crippen molar-refractivity contribution < 1.29 is 9.21 Å². The molecule has 0 fully saturated rings. The largest absolute Gasteiger partial charge is 0.469 e. The Kier molecular flexibility index (Phi) is 2.19. The lowest BCUT2D eigenvalue weighted by Gasteiger charge is -2.01. The molecule has 0 spiro atoms. The van der Waals surface area contributed by atoms with E-state index in [0.29, 0.717) is 17.0 Å². The van der Waals surface area contributed by atoms with Gasteiger partial charge in [-0.25, -0.2) is 0 Å². The second-order valence-corrected chi connectivity index (χ2v) is 3.52. The van der Waals surface area contributed by atoms with Crippen LogP contribution >= 0.6 is 0 Å². The van der Waals surface area contributed by atoms with Crippen molar-refractivity contribution in [2.45, 2.75) is 13.8 Å². The first-order valence-corrected chi connectivity index (χ1v) is 4.68. The van der Waals surface area contributed by atoms with Crippen LogP contribution < -0.4 is 0 Å². The smallest absolute Gasteiger partial charge is 0.214 e. The van der Waals surface area contributed by atoms with E-state index < -0.39 is 0 Å². The minimum Gasteiger partial charge on any atom is -0.469 e. The first-order chi connectivity index (χ1) is 7.11. The maximum absolute atomic E-state index is 12.1. The van der Waals surface area contributed by atoms with Gasteiger partial charge < -0.3 is 4.42 Å². The van der Waals surface area contributed by atoms with E-state index >= 15 is 0 Å². The van der Waals surface area contributed by atoms with Crippen LogP contribution in [0.5, 0.6) is 0 Å². The van der Waals surface area contributed by atoms with Crippen LogP contribution in [0, 0.1) is 13.8 Å². The summed E-state index contributed by atoms with van der Waals surface area (Å²) in [4.78, 5) is 12.1. The highest BCUT2D eigenvalue weighted by Crippen LogP contribution is 2.16. The third-order valence-electron chi connectivity index (χ3n) is 2.44. The third-order valence-corrected chi connectivity index (χ3v) is 2.44. The van der Waals surface area contributed by atoms with Crippen LogP contribution in [0.2, 0.25) is 0 Å². The monoisotopic (exact) mass is 204 g/mol. The fourth-order valence-corrected chi connectivity index (χ4v) is 1.62. The second kappa shape index (κ2) is 3.38.